The topological polar surface area (TPSA) is 0 Å². The first-order chi connectivity index (χ1) is 8.95. The second-order valence-electron chi connectivity index (χ2n) is 5.58. The molecule has 0 heterocycles. The summed E-state index contributed by atoms with van der Waals surface area (Å²) in [6.45, 7) is 6.98. The average molecular weight is 268 g/mol. The molecule has 0 aromatic heterocycles. The number of hydrogen-bond acceptors (Lipinski definition) is 0. The predicted octanol–water partition coefficient (Wildman–Crippen LogP) is 3.77. The molecule has 2 aromatic rings. The van der Waals surface area contributed by atoms with E-state index in [9.17, 15) is 4.39 Å². The highest BCUT2D eigenvalue weighted by atomic mass is 28.3. The van der Waals surface area contributed by atoms with Gasteiger partial charge in [0.2, 0.25) is 0 Å². The second-order valence-corrected chi connectivity index (χ2v) is 10.7. The van der Waals surface area contributed by atoms with Crippen molar-refractivity contribution in [3.05, 3.63) is 65.5 Å². The highest BCUT2D eigenvalue weighted by molar-refractivity contribution is 6.88. The molecule has 0 spiro atoms. The molecule has 0 aliphatic heterocycles. The van der Waals surface area contributed by atoms with Crippen LogP contribution in [0.2, 0.25) is 19.6 Å². The van der Waals surface area contributed by atoms with Gasteiger partial charge in [0.05, 0.1) is 8.07 Å². The fourth-order valence-corrected chi connectivity index (χ4v) is 2.90. The standard InChI is InChI=1S/C17H17FSi/c1-19(2,3)17-12-8-15(9-13-17)5-4-14-6-10-16(18)11-7-14/h6-13H,1-3H3. The minimum atomic E-state index is -1.24. The van der Waals surface area contributed by atoms with Crippen LogP contribution in [0, 0.1) is 17.7 Å². The van der Waals surface area contributed by atoms with Gasteiger partial charge in [-0.05, 0) is 36.4 Å². The van der Waals surface area contributed by atoms with Gasteiger partial charge in [0.25, 0.3) is 0 Å². The molecule has 0 N–H and O–H groups in total. The van der Waals surface area contributed by atoms with Gasteiger partial charge in [-0.3, -0.25) is 0 Å². The van der Waals surface area contributed by atoms with Gasteiger partial charge in [0.1, 0.15) is 5.82 Å². The summed E-state index contributed by atoms with van der Waals surface area (Å²) in [7, 11) is -1.24. The molecule has 0 aliphatic rings. The lowest BCUT2D eigenvalue weighted by Gasteiger charge is -2.15. The number of rotatable bonds is 1. The second kappa shape index (κ2) is 5.42. The number of halogens is 1. The van der Waals surface area contributed by atoms with E-state index < -0.39 is 8.07 Å². The highest BCUT2D eigenvalue weighted by Crippen LogP contribution is 2.05. The third kappa shape index (κ3) is 3.80. The first-order valence-electron chi connectivity index (χ1n) is 6.33. The Labute approximate surface area is 115 Å². The first kappa shape index (κ1) is 13.6. The summed E-state index contributed by atoms with van der Waals surface area (Å²) in [5, 5.41) is 1.43. The first-order valence-corrected chi connectivity index (χ1v) is 9.83. The van der Waals surface area contributed by atoms with E-state index in [1.807, 2.05) is 0 Å². The van der Waals surface area contributed by atoms with Crippen LogP contribution in [-0.4, -0.2) is 8.07 Å². The van der Waals surface area contributed by atoms with Gasteiger partial charge in [-0.2, -0.15) is 0 Å². The lowest BCUT2D eigenvalue weighted by Crippen LogP contribution is -2.37. The van der Waals surface area contributed by atoms with Gasteiger partial charge in [0.15, 0.2) is 0 Å². The van der Waals surface area contributed by atoms with Crippen LogP contribution in [0.5, 0.6) is 0 Å². The lowest BCUT2D eigenvalue weighted by molar-refractivity contribution is 0.627. The van der Waals surface area contributed by atoms with Gasteiger partial charge in [-0.25, -0.2) is 4.39 Å². The summed E-state index contributed by atoms with van der Waals surface area (Å²) in [4.78, 5) is 0. The van der Waals surface area contributed by atoms with Crippen molar-refractivity contribution in [1.82, 2.24) is 0 Å². The maximum Gasteiger partial charge on any atom is 0.123 e. The summed E-state index contributed by atoms with van der Waals surface area (Å²) >= 11 is 0. The van der Waals surface area contributed by atoms with Crippen LogP contribution in [-0.2, 0) is 0 Å². The molecule has 0 aliphatic carbocycles. The molecule has 96 valence electrons. The Kier molecular flexibility index (Phi) is 3.87. The van der Waals surface area contributed by atoms with E-state index in [-0.39, 0.29) is 5.82 Å². The van der Waals surface area contributed by atoms with Crippen LogP contribution in [0.15, 0.2) is 48.5 Å². The van der Waals surface area contributed by atoms with Crippen molar-refractivity contribution in [1.29, 1.82) is 0 Å². The largest absolute Gasteiger partial charge is 0.207 e. The molecule has 0 nitrogen and oxygen atoms in total. The van der Waals surface area contributed by atoms with E-state index in [2.05, 4.69) is 55.7 Å². The van der Waals surface area contributed by atoms with Crippen molar-refractivity contribution in [2.75, 3.05) is 0 Å². The van der Waals surface area contributed by atoms with Crippen LogP contribution in [0.1, 0.15) is 11.1 Å². The average Bonchev–Trinajstić information content (AvgIpc) is 2.37. The third-order valence-corrected chi connectivity index (χ3v) is 5.01. The highest BCUT2D eigenvalue weighted by Gasteiger charge is 2.15. The quantitative estimate of drug-likeness (QED) is 0.545. The van der Waals surface area contributed by atoms with E-state index >= 15 is 0 Å². The normalized spacial score (nSPS) is 10.7. The molecule has 2 rings (SSSR count). The van der Waals surface area contributed by atoms with Crippen molar-refractivity contribution in [3.63, 3.8) is 0 Å². The monoisotopic (exact) mass is 268 g/mol. The van der Waals surface area contributed by atoms with Gasteiger partial charge >= 0.3 is 0 Å². The summed E-state index contributed by atoms with van der Waals surface area (Å²) in [5.41, 5.74) is 1.82. The van der Waals surface area contributed by atoms with Gasteiger partial charge in [0, 0.05) is 11.1 Å². The lowest BCUT2D eigenvalue weighted by atomic mass is 10.2. The Morgan fingerprint density at radius 2 is 1.16 bits per heavy atom. The minimum absolute atomic E-state index is 0.231. The summed E-state index contributed by atoms with van der Waals surface area (Å²) < 4.78 is 12.8. The fraction of sp³-hybridized carbons (Fsp3) is 0.176. The molecule has 0 unspecified atom stereocenters. The smallest absolute Gasteiger partial charge is 0.123 e. The van der Waals surface area contributed by atoms with Crippen molar-refractivity contribution in [2.45, 2.75) is 19.6 Å². The number of hydrogen-bond donors (Lipinski definition) is 0. The number of benzene rings is 2. The summed E-state index contributed by atoms with van der Waals surface area (Å²) in [6, 6.07) is 14.7. The van der Waals surface area contributed by atoms with E-state index in [1.54, 1.807) is 12.1 Å². The maximum atomic E-state index is 12.8. The van der Waals surface area contributed by atoms with Crippen molar-refractivity contribution in [2.24, 2.45) is 0 Å². The zero-order valence-corrected chi connectivity index (χ0v) is 12.5. The van der Waals surface area contributed by atoms with E-state index in [1.165, 1.54) is 17.3 Å². The Balaban J connectivity index is 2.19. The zero-order chi connectivity index (χ0) is 13.9. The molecule has 0 fully saturated rings. The van der Waals surface area contributed by atoms with Gasteiger partial charge in [-0.15, -0.1) is 0 Å². The van der Waals surface area contributed by atoms with E-state index in [0.717, 1.165) is 11.1 Å². The van der Waals surface area contributed by atoms with Crippen molar-refractivity contribution < 1.29 is 4.39 Å². The molecule has 0 atom stereocenters. The van der Waals surface area contributed by atoms with Crippen molar-refractivity contribution >= 4 is 13.3 Å². The molecule has 0 saturated carbocycles. The molecule has 2 aromatic carbocycles. The SMILES string of the molecule is C[Si](C)(C)c1ccc(C#Cc2ccc(F)cc2)cc1. The predicted molar refractivity (Wildman–Crippen MR) is 81.8 cm³/mol. The fourth-order valence-electron chi connectivity index (χ4n) is 1.73. The third-order valence-electron chi connectivity index (χ3n) is 2.95. The molecule has 0 amide bonds. The Bertz CT molecular complexity index is 608. The minimum Gasteiger partial charge on any atom is -0.207 e. The Hall–Kier alpha value is -1.85. The van der Waals surface area contributed by atoms with Crippen LogP contribution < -0.4 is 5.19 Å². The molecule has 19 heavy (non-hydrogen) atoms. The molecule has 0 bridgehead atoms. The van der Waals surface area contributed by atoms with Crippen LogP contribution in [0.25, 0.3) is 0 Å². The van der Waals surface area contributed by atoms with Crippen LogP contribution in [0.3, 0.4) is 0 Å². The molecule has 0 radical (unpaired) electrons. The zero-order valence-electron chi connectivity index (χ0n) is 11.5. The van der Waals surface area contributed by atoms with Crippen LogP contribution in [0.4, 0.5) is 4.39 Å². The van der Waals surface area contributed by atoms with E-state index in [0.29, 0.717) is 0 Å². The molecular weight excluding hydrogens is 251 g/mol. The van der Waals surface area contributed by atoms with Gasteiger partial charge < -0.3 is 0 Å². The van der Waals surface area contributed by atoms with Crippen molar-refractivity contribution in [3.8, 4) is 11.8 Å². The summed E-state index contributed by atoms with van der Waals surface area (Å²) in [5.74, 6) is 5.91. The van der Waals surface area contributed by atoms with E-state index in [4.69, 9.17) is 0 Å². The van der Waals surface area contributed by atoms with Crippen LogP contribution >= 0.6 is 0 Å². The Morgan fingerprint density at radius 1 is 0.737 bits per heavy atom. The molecule has 2 heteroatoms. The molecular formula is C17H17FSi. The Morgan fingerprint density at radius 3 is 1.58 bits per heavy atom. The maximum absolute atomic E-state index is 12.8. The molecule has 0 saturated heterocycles. The summed E-state index contributed by atoms with van der Waals surface area (Å²) in [6.07, 6.45) is 0. The van der Waals surface area contributed by atoms with Gasteiger partial charge in [-0.1, -0.05) is 48.8 Å².